The zero-order valence-corrected chi connectivity index (χ0v) is 17.2. The van der Waals surface area contributed by atoms with Gasteiger partial charge in [-0.25, -0.2) is 9.67 Å². The normalized spacial score (nSPS) is 19.7. The predicted molar refractivity (Wildman–Crippen MR) is 108 cm³/mol. The number of nitrogens with two attached hydrogens (primary N) is 1. The summed E-state index contributed by atoms with van der Waals surface area (Å²) in [5.74, 6) is 0.475. The molecule has 1 saturated heterocycles. The van der Waals surface area contributed by atoms with Crippen LogP contribution >= 0.6 is 0 Å². The number of hydrogen-bond acceptors (Lipinski definition) is 5. The summed E-state index contributed by atoms with van der Waals surface area (Å²) in [6.45, 7) is 6.74. The summed E-state index contributed by atoms with van der Waals surface area (Å²) in [6, 6.07) is 9.49. The minimum atomic E-state index is -0.483. The Kier molecular flexibility index (Phi) is 6.64. The molecule has 2 heterocycles. The van der Waals surface area contributed by atoms with E-state index in [1.165, 1.54) is 0 Å². The first-order valence-corrected chi connectivity index (χ1v) is 10.1. The highest BCUT2D eigenvalue weighted by molar-refractivity contribution is 5.79. The lowest BCUT2D eigenvalue weighted by molar-refractivity contribution is -0.163. The number of nitrogens with zero attached hydrogens (tertiary/aromatic N) is 4. The Morgan fingerprint density at radius 2 is 2.03 bits per heavy atom. The van der Waals surface area contributed by atoms with Gasteiger partial charge in [0.1, 0.15) is 12.7 Å². The maximum absolute atomic E-state index is 12.7. The fourth-order valence-electron chi connectivity index (χ4n) is 3.75. The Balaban J connectivity index is 2.07. The van der Waals surface area contributed by atoms with Gasteiger partial charge in [0.15, 0.2) is 11.6 Å². The maximum atomic E-state index is 12.7. The van der Waals surface area contributed by atoms with E-state index in [2.05, 4.69) is 17.0 Å². The summed E-state index contributed by atoms with van der Waals surface area (Å²) in [5.41, 5.74) is 6.32. The van der Waals surface area contributed by atoms with Gasteiger partial charge in [-0.2, -0.15) is 5.10 Å². The van der Waals surface area contributed by atoms with Crippen LogP contribution in [0.2, 0.25) is 0 Å². The second kappa shape index (κ2) is 9.17. The molecular formula is C21H29N5O3. The van der Waals surface area contributed by atoms with E-state index >= 15 is 0 Å². The van der Waals surface area contributed by atoms with Gasteiger partial charge in [-0.3, -0.25) is 9.59 Å². The molecule has 8 heteroatoms. The van der Waals surface area contributed by atoms with Gasteiger partial charge in [-0.1, -0.05) is 43.7 Å². The second-order valence-electron chi connectivity index (χ2n) is 7.59. The fraction of sp³-hybridized carbons (Fsp3) is 0.524. The van der Waals surface area contributed by atoms with Gasteiger partial charge in [-0.15, -0.1) is 0 Å². The number of morpholine rings is 1. The topological polar surface area (TPSA) is 103 Å². The average molecular weight is 399 g/mol. The molecule has 1 fully saturated rings. The average Bonchev–Trinajstić information content (AvgIpc) is 3.08. The van der Waals surface area contributed by atoms with Gasteiger partial charge < -0.3 is 15.4 Å². The van der Waals surface area contributed by atoms with Crippen molar-refractivity contribution in [1.29, 1.82) is 0 Å². The third-order valence-corrected chi connectivity index (χ3v) is 5.01. The van der Waals surface area contributed by atoms with Crippen LogP contribution < -0.4 is 5.73 Å². The summed E-state index contributed by atoms with van der Waals surface area (Å²) in [6.07, 6.45) is 1.40. The second-order valence-corrected chi connectivity index (χ2v) is 7.59. The molecule has 1 aliphatic rings. The Bertz CT molecular complexity index is 849. The number of ether oxygens (including phenoxy) is 1. The molecular weight excluding hydrogens is 370 g/mol. The third-order valence-electron chi connectivity index (χ3n) is 5.01. The van der Waals surface area contributed by atoms with Crippen LogP contribution in [0.15, 0.2) is 30.3 Å². The molecule has 1 aliphatic heterocycles. The van der Waals surface area contributed by atoms with Gasteiger partial charge >= 0.3 is 0 Å². The first-order valence-electron chi connectivity index (χ1n) is 10.1. The van der Waals surface area contributed by atoms with Crippen LogP contribution in [0.25, 0.3) is 0 Å². The summed E-state index contributed by atoms with van der Waals surface area (Å²) in [7, 11) is 0. The Hall–Kier alpha value is -2.74. The molecule has 1 aromatic carbocycles. The summed E-state index contributed by atoms with van der Waals surface area (Å²) in [4.78, 5) is 30.6. The minimum absolute atomic E-state index is 0.00351. The Labute approximate surface area is 171 Å². The van der Waals surface area contributed by atoms with Gasteiger partial charge in [0.2, 0.25) is 11.8 Å². The van der Waals surface area contributed by atoms with Crippen LogP contribution in [0, 0.1) is 0 Å². The molecule has 8 nitrogen and oxygen atoms in total. The molecule has 0 unspecified atom stereocenters. The summed E-state index contributed by atoms with van der Waals surface area (Å²) in [5, 5.41) is 4.50. The highest BCUT2D eigenvalue weighted by Crippen LogP contribution is 2.40. The van der Waals surface area contributed by atoms with Crippen LogP contribution in [0.4, 0.5) is 0 Å². The van der Waals surface area contributed by atoms with Crippen molar-refractivity contribution in [2.24, 2.45) is 5.73 Å². The monoisotopic (exact) mass is 399 g/mol. The molecule has 1 aromatic heterocycles. The van der Waals surface area contributed by atoms with E-state index in [4.69, 9.17) is 10.5 Å². The Morgan fingerprint density at radius 3 is 2.66 bits per heavy atom. The van der Waals surface area contributed by atoms with Gasteiger partial charge in [-0.05, 0) is 25.8 Å². The lowest BCUT2D eigenvalue weighted by Gasteiger charge is -2.43. The first kappa shape index (κ1) is 21.0. The van der Waals surface area contributed by atoms with E-state index in [0.29, 0.717) is 18.2 Å². The van der Waals surface area contributed by atoms with Crippen molar-refractivity contribution >= 4 is 11.8 Å². The minimum Gasteiger partial charge on any atom is -0.369 e. The molecule has 29 heavy (non-hydrogen) atoms. The Morgan fingerprint density at radius 1 is 1.31 bits per heavy atom. The zero-order valence-electron chi connectivity index (χ0n) is 17.2. The van der Waals surface area contributed by atoms with E-state index in [1.54, 1.807) is 4.68 Å². The van der Waals surface area contributed by atoms with E-state index in [-0.39, 0.29) is 31.0 Å². The van der Waals surface area contributed by atoms with Gasteiger partial charge in [0, 0.05) is 12.6 Å². The molecule has 3 rings (SSSR count). The smallest absolute Gasteiger partial charge is 0.249 e. The molecule has 2 atom stereocenters. The number of amides is 2. The van der Waals surface area contributed by atoms with Crippen molar-refractivity contribution in [2.45, 2.75) is 64.8 Å². The number of rotatable bonds is 8. The molecule has 2 aromatic rings. The zero-order chi connectivity index (χ0) is 21.0. The van der Waals surface area contributed by atoms with Crippen LogP contribution in [-0.2, 0) is 27.3 Å². The molecule has 0 spiro atoms. The highest BCUT2D eigenvalue weighted by Gasteiger charge is 2.42. The maximum Gasteiger partial charge on any atom is 0.249 e. The number of hydrogen-bond donors (Lipinski definition) is 1. The first-order chi connectivity index (χ1) is 13.9. The SMILES string of the molecule is CCCCn1nc(CC(N)=O)nc1[C@H]1OCC(=O)N(C(C)C)[C@@H]1c1ccccc1. The lowest BCUT2D eigenvalue weighted by atomic mass is 9.95. The molecule has 0 radical (unpaired) electrons. The third kappa shape index (κ3) is 4.64. The molecule has 2 amide bonds. The number of benzene rings is 1. The molecule has 2 N–H and O–H groups in total. The molecule has 0 aliphatic carbocycles. The highest BCUT2D eigenvalue weighted by atomic mass is 16.5. The number of carbonyl (C=O) groups is 2. The molecule has 156 valence electrons. The van der Waals surface area contributed by atoms with Crippen molar-refractivity contribution in [3.8, 4) is 0 Å². The lowest BCUT2D eigenvalue weighted by Crippen LogP contribution is -2.49. The van der Waals surface area contributed by atoms with Crippen molar-refractivity contribution in [3.63, 3.8) is 0 Å². The standard InChI is InChI=1S/C21H29N5O3/c1-4-5-11-25-21(23-17(24-25)12-16(22)27)20-19(15-9-7-6-8-10-15)26(14(2)3)18(28)13-29-20/h6-10,14,19-20H,4-5,11-13H2,1-3H3,(H2,22,27)/t19-,20+/m1/s1. The number of carbonyl (C=O) groups excluding carboxylic acids is 2. The van der Waals surface area contributed by atoms with Gasteiger partial charge in [0.05, 0.1) is 12.5 Å². The van der Waals surface area contributed by atoms with Crippen LogP contribution in [-0.4, -0.2) is 44.1 Å². The van der Waals surface area contributed by atoms with Crippen LogP contribution in [0.5, 0.6) is 0 Å². The van der Waals surface area contributed by atoms with Crippen LogP contribution in [0.1, 0.15) is 63.0 Å². The van der Waals surface area contributed by atoms with Gasteiger partial charge in [0.25, 0.3) is 0 Å². The molecule has 0 saturated carbocycles. The largest absolute Gasteiger partial charge is 0.369 e. The molecule has 0 bridgehead atoms. The van der Waals surface area contributed by atoms with Crippen molar-refractivity contribution in [1.82, 2.24) is 19.7 Å². The van der Waals surface area contributed by atoms with E-state index < -0.39 is 12.0 Å². The van der Waals surface area contributed by atoms with E-state index in [1.807, 2.05) is 49.1 Å². The summed E-state index contributed by atoms with van der Waals surface area (Å²) < 4.78 is 7.83. The summed E-state index contributed by atoms with van der Waals surface area (Å²) >= 11 is 0. The number of unbranched alkanes of at least 4 members (excludes halogenated alkanes) is 1. The van der Waals surface area contributed by atoms with E-state index in [0.717, 1.165) is 18.4 Å². The van der Waals surface area contributed by atoms with Crippen LogP contribution in [0.3, 0.4) is 0 Å². The quantitative estimate of drug-likeness (QED) is 0.733. The van der Waals surface area contributed by atoms with E-state index in [9.17, 15) is 9.59 Å². The number of aromatic nitrogens is 3. The fourth-order valence-corrected chi connectivity index (χ4v) is 3.75. The van der Waals surface area contributed by atoms with Crippen molar-refractivity contribution in [2.75, 3.05) is 6.61 Å². The van der Waals surface area contributed by atoms with Crippen molar-refractivity contribution < 1.29 is 14.3 Å². The number of aryl methyl sites for hydroxylation is 1. The van der Waals surface area contributed by atoms with Crippen molar-refractivity contribution in [3.05, 3.63) is 47.5 Å². The number of primary amides is 1. The predicted octanol–water partition coefficient (Wildman–Crippen LogP) is 2.16.